The summed E-state index contributed by atoms with van der Waals surface area (Å²) in [5, 5.41) is 2.63. The van der Waals surface area contributed by atoms with Crippen LogP contribution in [0.15, 0.2) is 18.2 Å². The molecule has 5 nitrogen and oxygen atoms in total. The van der Waals surface area contributed by atoms with Gasteiger partial charge in [-0.25, -0.2) is 4.39 Å². The van der Waals surface area contributed by atoms with Gasteiger partial charge in [0.2, 0.25) is 5.91 Å². The quantitative estimate of drug-likeness (QED) is 0.599. The average Bonchev–Trinajstić information content (AvgIpc) is 2.37. The van der Waals surface area contributed by atoms with Crippen molar-refractivity contribution in [3.8, 4) is 0 Å². The molecule has 0 unspecified atom stereocenters. The van der Waals surface area contributed by atoms with Crippen molar-refractivity contribution in [2.75, 3.05) is 30.9 Å². The van der Waals surface area contributed by atoms with Gasteiger partial charge < -0.3 is 20.5 Å². The average molecular weight is 298 g/mol. The van der Waals surface area contributed by atoms with Crippen molar-refractivity contribution >= 4 is 17.3 Å². The van der Waals surface area contributed by atoms with Gasteiger partial charge in [-0.05, 0) is 39.0 Å². The number of carbonyl (C=O) groups excluding carboxylic acids is 1. The van der Waals surface area contributed by atoms with Gasteiger partial charge in [0.1, 0.15) is 5.82 Å². The van der Waals surface area contributed by atoms with E-state index in [9.17, 15) is 9.18 Å². The summed E-state index contributed by atoms with van der Waals surface area (Å²) in [6.45, 7) is 7.13. The lowest BCUT2D eigenvalue weighted by molar-refractivity contribution is -0.117. The number of anilines is 2. The van der Waals surface area contributed by atoms with Crippen LogP contribution in [0.4, 0.5) is 15.8 Å². The van der Waals surface area contributed by atoms with Crippen LogP contribution in [0, 0.1) is 5.82 Å². The first-order chi connectivity index (χ1) is 9.78. The molecule has 0 atom stereocenters. The van der Waals surface area contributed by atoms with Crippen molar-refractivity contribution in [3.63, 3.8) is 0 Å². The minimum atomic E-state index is -0.504. The molecule has 0 aliphatic carbocycles. The van der Waals surface area contributed by atoms with Gasteiger partial charge >= 0.3 is 0 Å². The van der Waals surface area contributed by atoms with Gasteiger partial charge in [0.05, 0.1) is 37.5 Å². The first-order valence-electron chi connectivity index (χ1n) is 6.84. The van der Waals surface area contributed by atoms with Gasteiger partial charge in [-0.2, -0.15) is 0 Å². The van der Waals surface area contributed by atoms with E-state index in [-0.39, 0.29) is 23.6 Å². The Bertz CT molecular complexity index is 472. The number of nitrogen functional groups attached to an aromatic ring is 1. The second kappa shape index (κ2) is 7.95. The summed E-state index contributed by atoms with van der Waals surface area (Å²) >= 11 is 0. The van der Waals surface area contributed by atoms with Crippen LogP contribution in [0.25, 0.3) is 0 Å². The summed E-state index contributed by atoms with van der Waals surface area (Å²) in [5.41, 5.74) is 5.70. The van der Waals surface area contributed by atoms with Crippen molar-refractivity contribution in [2.24, 2.45) is 0 Å². The van der Waals surface area contributed by atoms with Gasteiger partial charge in [0.25, 0.3) is 0 Å². The Morgan fingerprint density at radius 2 is 2.00 bits per heavy atom. The van der Waals surface area contributed by atoms with Gasteiger partial charge in [-0.15, -0.1) is 0 Å². The molecular weight excluding hydrogens is 275 g/mol. The summed E-state index contributed by atoms with van der Waals surface area (Å²) in [6.07, 6.45) is 0.215. The van der Waals surface area contributed by atoms with Crippen molar-refractivity contribution in [1.82, 2.24) is 0 Å². The van der Waals surface area contributed by atoms with Crippen LogP contribution in [0.1, 0.15) is 27.2 Å². The number of hydrogen-bond acceptors (Lipinski definition) is 4. The number of amides is 1. The molecule has 3 N–H and O–H groups in total. The summed E-state index contributed by atoms with van der Waals surface area (Å²) in [5.74, 6) is -0.715. The topological polar surface area (TPSA) is 73.6 Å². The van der Waals surface area contributed by atoms with Crippen LogP contribution >= 0.6 is 0 Å². The lowest BCUT2D eigenvalue weighted by atomic mass is 10.2. The molecule has 0 radical (unpaired) electrons. The number of nitrogens with two attached hydrogens (primary N) is 1. The van der Waals surface area contributed by atoms with Crippen LogP contribution in [0.2, 0.25) is 0 Å². The zero-order chi connectivity index (χ0) is 15.9. The van der Waals surface area contributed by atoms with E-state index in [1.807, 2.05) is 20.8 Å². The fourth-order valence-corrected chi connectivity index (χ4v) is 1.52. The Morgan fingerprint density at radius 3 is 2.62 bits per heavy atom. The zero-order valence-corrected chi connectivity index (χ0v) is 12.7. The Hall–Kier alpha value is -1.66. The van der Waals surface area contributed by atoms with Crippen molar-refractivity contribution in [3.05, 3.63) is 24.0 Å². The van der Waals surface area contributed by atoms with Crippen molar-refractivity contribution in [2.45, 2.75) is 32.8 Å². The summed E-state index contributed by atoms with van der Waals surface area (Å²) in [7, 11) is 0. The summed E-state index contributed by atoms with van der Waals surface area (Å²) in [4.78, 5) is 11.6. The van der Waals surface area contributed by atoms with E-state index in [0.29, 0.717) is 25.5 Å². The minimum absolute atomic E-state index is 0.00313. The highest BCUT2D eigenvalue weighted by atomic mass is 19.1. The molecule has 0 aliphatic rings. The third-order valence-corrected chi connectivity index (χ3v) is 2.52. The molecule has 118 valence electrons. The van der Waals surface area contributed by atoms with Crippen LogP contribution in [-0.4, -0.2) is 31.3 Å². The van der Waals surface area contributed by atoms with E-state index in [4.69, 9.17) is 15.2 Å². The van der Waals surface area contributed by atoms with Crippen molar-refractivity contribution < 1.29 is 18.7 Å². The van der Waals surface area contributed by atoms with Crippen LogP contribution in [0.3, 0.4) is 0 Å². The predicted octanol–water partition coefficient (Wildman–Crippen LogP) is 2.57. The molecule has 0 saturated heterocycles. The lowest BCUT2D eigenvalue weighted by Gasteiger charge is -2.19. The number of halogens is 1. The fourth-order valence-electron chi connectivity index (χ4n) is 1.52. The largest absolute Gasteiger partial charge is 0.396 e. The number of ether oxygens (including phenoxy) is 2. The van der Waals surface area contributed by atoms with Crippen molar-refractivity contribution in [1.29, 1.82) is 0 Å². The monoisotopic (exact) mass is 298 g/mol. The Kier molecular flexibility index (Phi) is 6.58. The Labute approximate surface area is 124 Å². The molecule has 0 fully saturated rings. The molecule has 1 rings (SSSR count). The predicted molar refractivity (Wildman–Crippen MR) is 80.6 cm³/mol. The highest BCUT2D eigenvalue weighted by Crippen LogP contribution is 2.16. The fraction of sp³-hybridized carbons (Fsp3) is 0.533. The molecule has 0 aliphatic heterocycles. The second-order valence-electron chi connectivity index (χ2n) is 5.61. The Morgan fingerprint density at radius 1 is 1.29 bits per heavy atom. The maximum atomic E-state index is 13.0. The van der Waals surface area contributed by atoms with E-state index in [0.717, 1.165) is 0 Å². The number of rotatable bonds is 7. The summed E-state index contributed by atoms with van der Waals surface area (Å²) in [6, 6.07) is 4.05. The number of hydrogen-bond donors (Lipinski definition) is 2. The number of benzene rings is 1. The van der Waals surface area contributed by atoms with E-state index in [1.165, 1.54) is 18.2 Å². The first kappa shape index (κ1) is 17.4. The highest BCUT2D eigenvalue weighted by molar-refractivity contribution is 5.91. The lowest BCUT2D eigenvalue weighted by Crippen LogP contribution is -2.22. The SMILES string of the molecule is CC(C)(C)OCCOCCC(=O)Nc1ccc(F)c(N)c1. The van der Waals surface area contributed by atoms with Gasteiger partial charge in [0.15, 0.2) is 0 Å². The normalized spacial score (nSPS) is 11.4. The second-order valence-corrected chi connectivity index (χ2v) is 5.61. The van der Waals surface area contributed by atoms with Gasteiger partial charge in [0, 0.05) is 5.69 Å². The standard InChI is InChI=1S/C15H23FN2O3/c1-15(2,3)21-9-8-20-7-6-14(19)18-11-4-5-12(16)13(17)10-11/h4-5,10H,6-9,17H2,1-3H3,(H,18,19). The maximum Gasteiger partial charge on any atom is 0.226 e. The van der Waals surface area contributed by atoms with Crippen LogP contribution in [-0.2, 0) is 14.3 Å². The van der Waals surface area contributed by atoms with Crippen LogP contribution in [0.5, 0.6) is 0 Å². The smallest absolute Gasteiger partial charge is 0.226 e. The third kappa shape index (κ3) is 7.63. The first-order valence-corrected chi connectivity index (χ1v) is 6.84. The van der Waals surface area contributed by atoms with E-state index in [2.05, 4.69) is 5.32 Å². The number of nitrogens with one attached hydrogen (secondary N) is 1. The molecule has 0 aromatic heterocycles. The van der Waals surface area contributed by atoms with Gasteiger partial charge in [-0.1, -0.05) is 0 Å². The third-order valence-electron chi connectivity index (χ3n) is 2.52. The maximum absolute atomic E-state index is 13.0. The molecule has 21 heavy (non-hydrogen) atoms. The number of carbonyl (C=O) groups is 1. The van der Waals surface area contributed by atoms with Crippen LogP contribution < -0.4 is 11.1 Å². The zero-order valence-electron chi connectivity index (χ0n) is 12.7. The molecule has 0 spiro atoms. The highest BCUT2D eigenvalue weighted by Gasteiger charge is 2.09. The molecule has 6 heteroatoms. The van der Waals surface area contributed by atoms with E-state index < -0.39 is 5.82 Å². The molecule has 1 aromatic rings. The molecule has 0 heterocycles. The van der Waals surface area contributed by atoms with Gasteiger partial charge in [-0.3, -0.25) is 4.79 Å². The van der Waals surface area contributed by atoms with E-state index in [1.54, 1.807) is 0 Å². The molecule has 0 saturated carbocycles. The Balaban J connectivity index is 2.18. The minimum Gasteiger partial charge on any atom is -0.396 e. The molecule has 0 bridgehead atoms. The summed E-state index contributed by atoms with van der Waals surface area (Å²) < 4.78 is 23.8. The van der Waals surface area contributed by atoms with E-state index >= 15 is 0 Å². The molecule has 1 aromatic carbocycles. The molecule has 1 amide bonds. The molecular formula is C15H23FN2O3.